The summed E-state index contributed by atoms with van der Waals surface area (Å²) in [7, 11) is 0. The highest BCUT2D eigenvalue weighted by atomic mass is 16.5. The predicted octanol–water partition coefficient (Wildman–Crippen LogP) is 2.79. The van der Waals surface area contributed by atoms with Gasteiger partial charge in [-0.1, -0.05) is 25.1 Å². The van der Waals surface area contributed by atoms with Gasteiger partial charge in [0, 0.05) is 0 Å². The van der Waals surface area contributed by atoms with E-state index in [1.54, 1.807) is 0 Å². The first-order chi connectivity index (χ1) is 8.27. The van der Waals surface area contributed by atoms with Crippen LogP contribution >= 0.6 is 0 Å². The molecule has 0 saturated heterocycles. The molecule has 1 aromatic carbocycles. The van der Waals surface area contributed by atoms with Gasteiger partial charge in [0.1, 0.15) is 6.61 Å². The summed E-state index contributed by atoms with van der Waals surface area (Å²) in [6, 6.07) is 7.47. The van der Waals surface area contributed by atoms with Crippen molar-refractivity contribution in [3.63, 3.8) is 0 Å². The maximum Gasteiger partial charge on any atom is 0.161 e. The molecule has 0 aromatic heterocycles. The van der Waals surface area contributed by atoms with E-state index in [-0.39, 0.29) is 0 Å². The molecule has 0 amide bonds. The number of aliphatic hydroxyl groups is 1. The van der Waals surface area contributed by atoms with Crippen LogP contribution in [0.1, 0.15) is 19.8 Å². The summed E-state index contributed by atoms with van der Waals surface area (Å²) in [5, 5.41) is 9.45. The Balaban J connectivity index is 2.54. The van der Waals surface area contributed by atoms with Gasteiger partial charge in [0.25, 0.3) is 0 Å². The van der Waals surface area contributed by atoms with Crippen LogP contribution in [0.3, 0.4) is 0 Å². The standard InChI is InChI=1S/C14H20O3/c1-3-5-10-16-13-8-6-7-9-14(13)17-11-12(15)4-2/h3,6-9,12,15H,1,4-5,10-11H2,2H3. The molecule has 3 heteroatoms. The third-order valence-corrected chi connectivity index (χ3v) is 2.33. The molecule has 0 radical (unpaired) electrons. The third-order valence-electron chi connectivity index (χ3n) is 2.33. The SMILES string of the molecule is C=CCCOc1ccccc1OCC(O)CC. The van der Waals surface area contributed by atoms with Crippen molar-refractivity contribution in [3.8, 4) is 11.5 Å². The molecule has 1 unspecified atom stereocenters. The normalized spacial score (nSPS) is 11.9. The number of hydrogen-bond donors (Lipinski definition) is 1. The summed E-state index contributed by atoms with van der Waals surface area (Å²) < 4.78 is 11.1. The van der Waals surface area contributed by atoms with Crippen molar-refractivity contribution < 1.29 is 14.6 Å². The number of hydrogen-bond acceptors (Lipinski definition) is 3. The Bertz CT molecular complexity index is 336. The lowest BCUT2D eigenvalue weighted by molar-refractivity contribution is 0.102. The van der Waals surface area contributed by atoms with E-state index in [1.165, 1.54) is 0 Å². The van der Waals surface area contributed by atoms with Crippen LogP contribution in [0, 0.1) is 0 Å². The van der Waals surface area contributed by atoms with Crippen LogP contribution in [-0.2, 0) is 0 Å². The summed E-state index contributed by atoms with van der Waals surface area (Å²) in [6.45, 7) is 6.43. The molecule has 94 valence electrons. The van der Waals surface area contributed by atoms with E-state index in [1.807, 2.05) is 37.3 Å². The average Bonchev–Trinajstić information content (AvgIpc) is 2.37. The van der Waals surface area contributed by atoms with Crippen molar-refractivity contribution in [2.45, 2.75) is 25.9 Å². The molecule has 0 bridgehead atoms. The number of para-hydroxylation sites is 2. The lowest BCUT2D eigenvalue weighted by atomic mass is 10.3. The molecule has 1 aromatic rings. The van der Waals surface area contributed by atoms with Gasteiger partial charge in [-0.3, -0.25) is 0 Å². The van der Waals surface area contributed by atoms with Crippen LogP contribution in [0.15, 0.2) is 36.9 Å². The first-order valence-electron chi connectivity index (χ1n) is 5.91. The fourth-order valence-corrected chi connectivity index (χ4v) is 1.24. The second-order valence-electron chi connectivity index (χ2n) is 3.75. The summed E-state index contributed by atoms with van der Waals surface area (Å²) in [5.41, 5.74) is 0. The molecule has 0 spiro atoms. The largest absolute Gasteiger partial charge is 0.489 e. The lowest BCUT2D eigenvalue weighted by Gasteiger charge is -2.14. The third kappa shape index (κ3) is 4.91. The minimum absolute atomic E-state index is 0.290. The summed E-state index contributed by atoms with van der Waals surface area (Å²) in [4.78, 5) is 0. The number of benzene rings is 1. The molecular weight excluding hydrogens is 216 g/mol. The molecule has 1 atom stereocenters. The Labute approximate surface area is 103 Å². The number of rotatable bonds is 8. The molecule has 0 fully saturated rings. The first-order valence-corrected chi connectivity index (χ1v) is 5.91. The second-order valence-corrected chi connectivity index (χ2v) is 3.75. The van der Waals surface area contributed by atoms with Gasteiger partial charge in [-0.05, 0) is 25.0 Å². The van der Waals surface area contributed by atoms with E-state index < -0.39 is 6.10 Å². The topological polar surface area (TPSA) is 38.7 Å². The van der Waals surface area contributed by atoms with E-state index in [0.29, 0.717) is 31.1 Å². The van der Waals surface area contributed by atoms with Crippen LogP contribution in [0.25, 0.3) is 0 Å². The van der Waals surface area contributed by atoms with Gasteiger partial charge in [-0.15, -0.1) is 6.58 Å². The van der Waals surface area contributed by atoms with E-state index >= 15 is 0 Å². The van der Waals surface area contributed by atoms with Gasteiger partial charge in [-0.2, -0.15) is 0 Å². The zero-order valence-corrected chi connectivity index (χ0v) is 10.3. The quantitative estimate of drug-likeness (QED) is 0.557. The van der Waals surface area contributed by atoms with E-state index in [4.69, 9.17) is 9.47 Å². The van der Waals surface area contributed by atoms with Gasteiger partial charge >= 0.3 is 0 Å². The zero-order valence-electron chi connectivity index (χ0n) is 10.3. The van der Waals surface area contributed by atoms with Crippen molar-refractivity contribution in [2.24, 2.45) is 0 Å². The Kier molecular flexibility index (Phi) is 6.18. The van der Waals surface area contributed by atoms with E-state index in [2.05, 4.69) is 6.58 Å². The molecule has 17 heavy (non-hydrogen) atoms. The minimum atomic E-state index is -0.434. The monoisotopic (exact) mass is 236 g/mol. The molecule has 0 heterocycles. The molecule has 0 aliphatic rings. The van der Waals surface area contributed by atoms with Gasteiger partial charge in [0.15, 0.2) is 11.5 Å². The molecule has 0 saturated carbocycles. The molecule has 0 aliphatic carbocycles. The van der Waals surface area contributed by atoms with Crippen LogP contribution < -0.4 is 9.47 Å². The maximum atomic E-state index is 9.45. The summed E-state index contributed by atoms with van der Waals surface area (Å²) >= 11 is 0. The van der Waals surface area contributed by atoms with Crippen molar-refractivity contribution in [1.29, 1.82) is 0 Å². The minimum Gasteiger partial charge on any atom is -0.489 e. The Hall–Kier alpha value is -1.48. The van der Waals surface area contributed by atoms with Gasteiger partial charge in [0.2, 0.25) is 0 Å². The van der Waals surface area contributed by atoms with Gasteiger partial charge < -0.3 is 14.6 Å². The highest BCUT2D eigenvalue weighted by Gasteiger charge is 2.06. The van der Waals surface area contributed by atoms with Crippen LogP contribution in [0.2, 0.25) is 0 Å². The maximum absolute atomic E-state index is 9.45. The Morgan fingerprint density at radius 1 is 1.29 bits per heavy atom. The molecular formula is C14H20O3. The van der Waals surface area contributed by atoms with Crippen LogP contribution in [0.5, 0.6) is 11.5 Å². The second kappa shape index (κ2) is 7.74. The smallest absolute Gasteiger partial charge is 0.161 e. The van der Waals surface area contributed by atoms with Gasteiger partial charge in [0.05, 0.1) is 12.7 Å². The Morgan fingerprint density at radius 3 is 2.53 bits per heavy atom. The fraction of sp³-hybridized carbons (Fsp3) is 0.429. The summed E-state index contributed by atoms with van der Waals surface area (Å²) in [6.07, 6.45) is 2.85. The molecule has 0 aliphatic heterocycles. The lowest BCUT2D eigenvalue weighted by Crippen LogP contribution is -2.16. The zero-order chi connectivity index (χ0) is 12.5. The highest BCUT2D eigenvalue weighted by molar-refractivity contribution is 5.39. The molecule has 3 nitrogen and oxygen atoms in total. The van der Waals surface area contributed by atoms with Gasteiger partial charge in [-0.25, -0.2) is 0 Å². The fourth-order valence-electron chi connectivity index (χ4n) is 1.24. The van der Waals surface area contributed by atoms with Crippen LogP contribution in [0.4, 0.5) is 0 Å². The predicted molar refractivity (Wildman–Crippen MR) is 68.5 cm³/mol. The van der Waals surface area contributed by atoms with Crippen molar-refractivity contribution in [3.05, 3.63) is 36.9 Å². The number of aliphatic hydroxyl groups excluding tert-OH is 1. The number of ether oxygens (including phenoxy) is 2. The van der Waals surface area contributed by atoms with Crippen molar-refractivity contribution in [2.75, 3.05) is 13.2 Å². The highest BCUT2D eigenvalue weighted by Crippen LogP contribution is 2.26. The van der Waals surface area contributed by atoms with Crippen molar-refractivity contribution >= 4 is 0 Å². The van der Waals surface area contributed by atoms with Crippen LogP contribution in [-0.4, -0.2) is 24.4 Å². The van der Waals surface area contributed by atoms with E-state index in [9.17, 15) is 5.11 Å². The molecule has 1 N–H and O–H groups in total. The van der Waals surface area contributed by atoms with Crippen molar-refractivity contribution in [1.82, 2.24) is 0 Å². The van der Waals surface area contributed by atoms with E-state index in [0.717, 1.165) is 6.42 Å². The average molecular weight is 236 g/mol. The Morgan fingerprint density at radius 2 is 1.94 bits per heavy atom. The summed E-state index contributed by atoms with van der Waals surface area (Å²) in [5.74, 6) is 1.38. The first kappa shape index (κ1) is 13.6. The molecule has 1 rings (SSSR count).